The van der Waals surface area contributed by atoms with E-state index in [0.29, 0.717) is 23.8 Å². The number of carbonyl (C=O) groups is 2. The molecule has 2 N–H and O–H groups in total. The second-order valence-electron chi connectivity index (χ2n) is 6.76. The first-order valence-corrected chi connectivity index (χ1v) is 9.18. The lowest BCUT2D eigenvalue weighted by atomic mass is 10.1. The van der Waals surface area contributed by atoms with Crippen LogP contribution in [-0.2, 0) is 11.2 Å². The van der Waals surface area contributed by atoms with Crippen LogP contribution in [0.4, 0.5) is 5.82 Å². The van der Waals surface area contributed by atoms with Gasteiger partial charge in [-0.3, -0.25) is 19.6 Å². The van der Waals surface area contributed by atoms with Crippen LogP contribution >= 0.6 is 0 Å². The van der Waals surface area contributed by atoms with E-state index in [1.807, 2.05) is 30.3 Å². The maximum absolute atomic E-state index is 12.9. The molecule has 3 heterocycles. The number of nitrogens with one attached hydrogen (secondary N) is 2. The molecule has 0 radical (unpaired) electrons. The number of hydrogen-bond donors (Lipinski definition) is 2. The minimum Gasteiger partial charge on any atom is -0.484 e. The van der Waals surface area contributed by atoms with Crippen molar-refractivity contribution in [1.29, 1.82) is 0 Å². The number of H-pyrrole nitrogens is 1. The zero-order valence-electron chi connectivity index (χ0n) is 16.0. The second kappa shape index (κ2) is 7.70. The van der Waals surface area contributed by atoms with Gasteiger partial charge in [-0.25, -0.2) is 9.97 Å². The van der Waals surface area contributed by atoms with E-state index in [-0.39, 0.29) is 11.7 Å². The van der Waals surface area contributed by atoms with Crippen LogP contribution in [0.5, 0.6) is 5.75 Å². The first-order chi connectivity index (χ1) is 14.0. The number of hydrogen-bond acceptors (Lipinski definition) is 6. The summed E-state index contributed by atoms with van der Waals surface area (Å²) in [6.45, 7) is 1.72. The summed E-state index contributed by atoms with van der Waals surface area (Å²) in [6.07, 6.45) is 1.51. The van der Waals surface area contributed by atoms with Gasteiger partial charge in [0.2, 0.25) is 5.82 Å². The second-order valence-corrected chi connectivity index (χ2v) is 6.76. The monoisotopic (exact) mass is 392 g/mol. The molecule has 0 fully saturated rings. The molecule has 3 aromatic rings. The van der Waals surface area contributed by atoms with Crippen molar-refractivity contribution in [3.63, 3.8) is 0 Å². The van der Waals surface area contributed by atoms with Crippen LogP contribution in [0.25, 0.3) is 0 Å². The lowest BCUT2D eigenvalue weighted by Gasteiger charge is -2.22. The molecule has 1 aliphatic heterocycles. The molecule has 0 saturated heterocycles. The van der Waals surface area contributed by atoms with Crippen molar-refractivity contribution in [2.24, 2.45) is 0 Å². The molecule has 0 aliphatic carbocycles. The van der Waals surface area contributed by atoms with E-state index in [4.69, 9.17) is 4.74 Å². The van der Waals surface area contributed by atoms with Crippen LogP contribution in [0.1, 0.15) is 28.9 Å². The van der Waals surface area contributed by atoms with Crippen LogP contribution in [-0.4, -0.2) is 51.2 Å². The molecule has 2 aromatic heterocycles. The molecule has 148 valence electrons. The summed E-state index contributed by atoms with van der Waals surface area (Å²) in [5, 5.41) is 9.44. The largest absolute Gasteiger partial charge is 0.484 e. The molecule has 9 nitrogen and oxygen atoms in total. The smallest absolute Gasteiger partial charge is 0.291 e. The number of aromatic amines is 1. The summed E-state index contributed by atoms with van der Waals surface area (Å²) < 4.78 is 5.84. The van der Waals surface area contributed by atoms with Gasteiger partial charge in [0.05, 0.1) is 0 Å². The van der Waals surface area contributed by atoms with Gasteiger partial charge < -0.3 is 10.1 Å². The lowest BCUT2D eigenvalue weighted by molar-refractivity contribution is -0.121. The topological polar surface area (TPSA) is 113 Å². The SMILES string of the molecule is C[C@H]1Oc2cccnc2N(C)C(=O)[C@H]1NC(=O)c1n[nH]c(Cc2ccccc2)n1. The highest BCUT2D eigenvalue weighted by Crippen LogP contribution is 2.29. The Labute approximate surface area is 167 Å². The molecular formula is C20H20N6O3. The van der Waals surface area contributed by atoms with Crippen molar-refractivity contribution >= 4 is 17.6 Å². The molecule has 0 saturated carbocycles. The number of carbonyl (C=O) groups excluding carboxylic acids is 2. The summed E-state index contributed by atoms with van der Waals surface area (Å²) in [5.74, 6) is 0.537. The molecule has 0 spiro atoms. The Balaban J connectivity index is 1.49. The van der Waals surface area contributed by atoms with Crippen LogP contribution in [0.15, 0.2) is 48.7 Å². The van der Waals surface area contributed by atoms with Gasteiger partial charge >= 0.3 is 0 Å². The summed E-state index contributed by atoms with van der Waals surface area (Å²) in [4.78, 5) is 35.4. The average Bonchev–Trinajstić information content (AvgIpc) is 3.17. The molecule has 1 aliphatic rings. The third-order valence-corrected chi connectivity index (χ3v) is 4.68. The molecule has 29 heavy (non-hydrogen) atoms. The summed E-state index contributed by atoms with van der Waals surface area (Å²) >= 11 is 0. The highest BCUT2D eigenvalue weighted by molar-refractivity contribution is 6.02. The maximum Gasteiger partial charge on any atom is 0.291 e. The highest BCUT2D eigenvalue weighted by atomic mass is 16.5. The van der Waals surface area contributed by atoms with Gasteiger partial charge in [0, 0.05) is 19.7 Å². The quantitative estimate of drug-likeness (QED) is 0.693. The van der Waals surface area contributed by atoms with E-state index in [1.165, 1.54) is 4.90 Å². The number of rotatable bonds is 4. The molecule has 9 heteroatoms. The fourth-order valence-corrected chi connectivity index (χ4v) is 3.16. The molecular weight excluding hydrogens is 372 g/mol. The number of nitrogens with zero attached hydrogens (tertiary/aromatic N) is 4. The Morgan fingerprint density at radius 1 is 1.24 bits per heavy atom. The van der Waals surface area contributed by atoms with E-state index in [1.54, 1.807) is 32.3 Å². The zero-order chi connectivity index (χ0) is 20.4. The third kappa shape index (κ3) is 3.79. The van der Waals surface area contributed by atoms with E-state index in [0.717, 1.165) is 5.56 Å². The summed E-state index contributed by atoms with van der Waals surface area (Å²) in [5.41, 5.74) is 1.04. The molecule has 0 bridgehead atoms. The van der Waals surface area contributed by atoms with Gasteiger partial charge in [0.15, 0.2) is 11.6 Å². The molecule has 0 unspecified atom stereocenters. The van der Waals surface area contributed by atoms with Crippen molar-refractivity contribution in [3.05, 3.63) is 65.9 Å². The molecule has 2 atom stereocenters. The normalized spacial score (nSPS) is 18.6. The van der Waals surface area contributed by atoms with Gasteiger partial charge in [0.1, 0.15) is 18.0 Å². The van der Waals surface area contributed by atoms with Gasteiger partial charge in [-0.05, 0) is 24.6 Å². The van der Waals surface area contributed by atoms with Crippen molar-refractivity contribution in [2.75, 3.05) is 11.9 Å². The number of pyridine rings is 1. The standard InChI is InChI=1S/C20H20N6O3/c1-12-16(20(28)26(2)18-14(29-12)9-6-10-21-18)23-19(27)17-22-15(24-25-17)11-13-7-4-3-5-8-13/h3-10,12,16H,11H2,1-2H3,(H,23,27)(H,22,24,25)/t12-,16+/m1/s1. The van der Waals surface area contributed by atoms with Gasteiger partial charge in [-0.15, -0.1) is 5.10 Å². The highest BCUT2D eigenvalue weighted by Gasteiger charge is 2.37. The predicted octanol–water partition coefficient (Wildman–Crippen LogP) is 1.33. The summed E-state index contributed by atoms with van der Waals surface area (Å²) in [7, 11) is 1.60. The number of benzene rings is 1. The van der Waals surface area contributed by atoms with Crippen LogP contribution < -0.4 is 15.0 Å². The molecule has 2 amide bonds. The van der Waals surface area contributed by atoms with Crippen LogP contribution in [0.2, 0.25) is 0 Å². The number of amides is 2. The molecule has 4 rings (SSSR count). The first-order valence-electron chi connectivity index (χ1n) is 9.18. The lowest BCUT2D eigenvalue weighted by Crippen LogP contribution is -2.53. The maximum atomic E-state index is 12.9. The van der Waals surface area contributed by atoms with E-state index >= 15 is 0 Å². The fraction of sp³-hybridized carbons (Fsp3) is 0.250. The average molecular weight is 392 g/mol. The zero-order valence-corrected chi connectivity index (χ0v) is 16.0. The van der Waals surface area contributed by atoms with Gasteiger partial charge in [-0.2, -0.15) is 0 Å². The van der Waals surface area contributed by atoms with Crippen molar-refractivity contribution in [3.8, 4) is 5.75 Å². The Bertz CT molecular complexity index is 1040. The third-order valence-electron chi connectivity index (χ3n) is 4.68. The Morgan fingerprint density at radius 3 is 2.83 bits per heavy atom. The van der Waals surface area contributed by atoms with E-state index in [9.17, 15) is 9.59 Å². The van der Waals surface area contributed by atoms with Crippen LogP contribution in [0, 0.1) is 0 Å². The number of fused-ring (bicyclic) bond motifs is 1. The number of likely N-dealkylation sites (N-methyl/N-ethyl adjacent to an activating group) is 1. The number of anilines is 1. The summed E-state index contributed by atoms with van der Waals surface area (Å²) in [6, 6.07) is 12.3. The van der Waals surface area contributed by atoms with Crippen molar-refractivity contribution in [1.82, 2.24) is 25.5 Å². The Morgan fingerprint density at radius 2 is 2.03 bits per heavy atom. The van der Waals surface area contributed by atoms with Gasteiger partial charge in [0.25, 0.3) is 11.8 Å². The Hall–Kier alpha value is -3.75. The van der Waals surface area contributed by atoms with E-state index in [2.05, 4.69) is 25.5 Å². The molecule has 1 aromatic carbocycles. The van der Waals surface area contributed by atoms with Crippen LogP contribution in [0.3, 0.4) is 0 Å². The Kier molecular flexibility index (Phi) is 4.94. The minimum absolute atomic E-state index is 0.0292. The number of aromatic nitrogens is 4. The first kappa shape index (κ1) is 18.6. The minimum atomic E-state index is -0.905. The van der Waals surface area contributed by atoms with Gasteiger partial charge in [-0.1, -0.05) is 30.3 Å². The van der Waals surface area contributed by atoms with Crippen molar-refractivity contribution in [2.45, 2.75) is 25.5 Å². The fourth-order valence-electron chi connectivity index (χ4n) is 3.16. The number of ether oxygens (including phenoxy) is 1. The van der Waals surface area contributed by atoms with E-state index < -0.39 is 18.1 Å². The van der Waals surface area contributed by atoms with Crippen molar-refractivity contribution < 1.29 is 14.3 Å². The predicted molar refractivity (Wildman–Crippen MR) is 105 cm³/mol.